The number of aliphatic hydroxyl groups is 1. The summed E-state index contributed by atoms with van der Waals surface area (Å²) in [7, 11) is 3.23. The van der Waals surface area contributed by atoms with Crippen LogP contribution >= 0.6 is 0 Å². The van der Waals surface area contributed by atoms with Crippen molar-refractivity contribution < 1.29 is 19.4 Å². The fourth-order valence-corrected chi connectivity index (χ4v) is 2.71. The highest BCUT2D eigenvalue weighted by Crippen LogP contribution is 2.24. The Morgan fingerprint density at radius 1 is 1.00 bits per heavy atom. The van der Waals surface area contributed by atoms with Crippen molar-refractivity contribution in [1.29, 1.82) is 0 Å². The van der Waals surface area contributed by atoms with Crippen LogP contribution in [0.2, 0.25) is 0 Å². The first kappa shape index (κ1) is 22.3. The molecule has 0 aliphatic carbocycles. The van der Waals surface area contributed by atoms with Gasteiger partial charge in [-0.3, -0.25) is 4.79 Å². The molecule has 136 valence electrons. The van der Waals surface area contributed by atoms with E-state index in [1.54, 1.807) is 20.3 Å². The zero-order valence-corrected chi connectivity index (χ0v) is 15.5. The van der Waals surface area contributed by atoms with E-state index >= 15 is 0 Å². The van der Waals surface area contributed by atoms with Gasteiger partial charge in [0.2, 0.25) is 0 Å². The van der Waals surface area contributed by atoms with Crippen LogP contribution < -0.4 is 0 Å². The summed E-state index contributed by atoms with van der Waals surface area (Å²) in [6, 6.07) is 0. The van der Waals surface area contributed by atoms with Gasteiger partial charge in [0.25, 0.3) is 0 Å². The number of aliphatic hydroxyl groups excluding tert-OH is 1. The molecule has 4 heteroatoms. The lowest BCUT2D eigenvalue weighted by Gasteiger charge is -2.29. The van der Waals surface area contributed by atoms with Crippen molar-refractivity contribution in [1.82, 2.24) is 0 Å². The van der Waals surface area contributed by atoms with Crippen molar-refractivity contribution in [3.63, 3.8) is 0 Å². The fraction of sp³-hybridized carbons (Fsp3) is 0.842. The number of Topliss-reactive ketones (excluding diaryl/α,β-unsaturated/α-hetero) is 1. The first-order valence-electron chi connectivity index (χ1n) is 9.02. The summed E-state index contributed by atoms with van der Waals surface area (Å²) >= 11 is 0. The Balaban J connectivity index is 4.40. The molecule has 0 aromatic rings. The minimum Gasteiger partial charge on any atom is -0.392 e. The minimum absolute atomic E-state index is 0.0422. The molecule has 0 aromatic heterocycles. The molecule has 0 amide bonds. The maximum atomic E-state index is 12.2. The Bertz CT molecular complexity index is 332. The standard InChI is InChI=1S/C19H36O4/c1-5-7-8-9-10-11-12-18(21)17(16-20)13-15-19(22-3,23-4)14-6-2/h13,20H,5-12,14-16H2,1-4H3. The number of rotatable bonds is 15. The SMILES string of the molecule is CCCCCCCCC(=O)C(=CCC(CCC)(OC)OC)CO. The van der Waals surface area contributed by atoms with Crippen LogP contribution in [0, 0.1) is 0 Å². The molecule has 0 aliphatic heterocycles. The molecule has 0 radical (unpaired) electrons. The number of ketones is 1. The molecule has 0 unspecified atom stereocenters. The van der Waals surface area contributed by atoms with Crippen molar-refractivity contribution in [2.45, 2.75) is 83.8 Å². The predicted molar refractivity (Wildman–Crippen MR) is 94.4 cm³/mol. The number of carbonyl (C=O) groups excluding carboxylic acids is 1. The molecule has 0 atom stereocenters. The molecule has 0 fully saturated rings. The van der Waals surface area contributed by atoms with E-state index in [-0.39, 0.29) is 12.4 Å². The lowest BCUT2D eigenvalue weighted by atomic mass is 10.00. The van der Waals surface area contributed by atoms with E-state index in [2.05, 4.69) is 13.8 Å². The lowest BCUT2D eigenvalue weighted by molar-refractivity contribution is -0.208. The Morgan fingerprint density at radius 3 is 2.13 bits per heavy atom. The molecule has 0 saturated heterocycles. The van der Waals surface area contributed by atoms with Crippen LogP contribution in [0.25, 0.3) is 0 Å². The number of hydrogen-bond acceptors (Lipinski definition) is 4. The molecule has 4 nitrogen and oxygen atoms in total. The van der Waals surface area contributed by atoms with Crippen molar-refractivity contribution >= 4 is 5.78 Å². The molecule has 23 heavy (non-hydrogen) atoms. The Hall–Kier alpha value is -0.710. The number of ether oxygens (including phenoxy) is 2. The quantitative estimate of drug-likeness (QED) is 0.275. The van der Waals surface area contributed by atoms with Gasteiger partial charge in [0.15, 0.2) is 11.6 Å². The summed E-state index contributed by atoms with van der Waals surface area (Å²) < 4.78 is 11.0. The highest BCUT2D eigenvalue weighted by molar-refractivity contribution is 5.95. The van der Waals surface area contributed by atoms with Crippen LogP contribution in [-0.4, -0.2) is 37.5 Å². The van der Waals surface area contributed by atoms with Gasteiger partial charge in [0.1, 0.15) is 0 Å². The van der Waals surface area contributed by atoms with Gasteiger partial charge in [0.05, 0.1) is 6.61 Å². The van der Waals surface area contributed by atoms with Crippen LogP contribution in [0.3, 0.4) is 0 Å². The summed E-state index contributed by atoms with van der Waals surface area (Å²) in [6.45, 7) is 4.04. The molecular formula is C19H36O4. The summed E-state index contributed by atoms with van der Waals surface area (Å²) in [6.07, 6.45) is 11.4. The van der Waals surface area contributed by atoms with Crippen molar-refractivity contribution in [3.8, 4) is 0 Å². The van der Waals surface area contributed by atoms with Crippen LogP contribution in [0.5, 0.6) is 0 Å². The Morgan fingerprint density at radius 2 is 1.61 bits per heavy atom. The molecule has 0 rings (SSSR count). The van der Waals surface area contributed by atoms with Gasteiger partial charge >= 0.3 is 0 Å². The summed E-state index contributed by atoms with van der Waals surface area (Å²) in [5.41, 5.74) is 0.480. The van der Waals surface area contributed by atoms with E-state index in [4.69, 9.17) is 9.47 Å². The second-order valence-corrected chi connectivity index (χ2v) is 6.10. The van der Waals surface area contributed by atoms with Crippen LogP contribution in [-0.2, 0) is 14.3 Å². The van der Waals surface area contributed by atoms with Crippen LogP contribution in [0.15, 0.2) is 11.6 Å². The van der Waals surface area contributed by atoms with E-state index in [1.165, 1.54) is 25.7 Å². The van der Waals surface area contributed by atoms with Gasteiger partial charge in [-0.1, -0.05) is 58.4 Å². The number of methoxy groups -OCH3 is 2. The summed E-state index contributed by atoms with van der Waals surface area (Å²) in [5, 5.41) is 9.47. The first-order chi connectivity index (χ1) is 11.1. The molecule has 0 spiro atoms. The first-order valence-corrected chi connectivity index (χ1v) is 9.02. The minimum atomic E-state index is -0.699. The van der Waals surface area contributed by atoms with E-state index in [9.17, 15) is 9.90 Å². The zero-order valence-electron chi connectivity index (χ0n) is 15.5. The van der Waals surface area contributed by atoms with Crippen molar-refractivity contribution in [2.75, 3.05) is 20.8 Å². The Kier molecular flexibility index (Phi) is 13.3. The molecule has 1 N–H and O–H groups in total. The van der Waals surface area contributed by atoms with Gasteiger partial charge in [-0.15, -0.1) is 0 Å². The normalized spacial score (nSPS) is 12.7. The zero-order chi connectivity index (χ0) is 17.6. The van der Waals surface area contributed by atoms with Gasteiger partial charge in [-0.25, -0.2) is 0 Å². The molecule has 0 aliphatic rings. The maximum absolute atomic E-state index is 12.2. The molecule has 0 bridgehead atoms. The Labute approximate surface area is 142 Å². The monoisotopic (exact) mass is 328 g/mol. The topological polar surface area (TPSA) is 55.8 Å². The number of unbranched alkanes of at least 4 members (excludes halogenated alkanes) is 5. The fourth-order valence-electron chi connectivity index (χ4n) is 2.71. The van der Waals surface area contributed by atoms with Crippen molar-refractivity contribution in [3.05, 3.63) is 11.6 Å². The summed E-state index contributed by atoms with van der Waals surface area (Å²) in [4.78, 5) is 12.2. The highest BCUT2D eigenvalue weighted by atomic mass is 16.7. The molecule has 0 aromatic carbocycles. The second-order valence-electron chi connectivity index (χ2n) is 6.10. The summed E-state index contributed by atoms with van der Waals surface area (Å²) in [5.74, 6) is -0.657. The number of hydrogen-bond donors (Lipinski definition) is 1. The van der Waals surface area contributed by atoms with Gasteiger partial charge in [-0.05, 0) is 6.42 Å². The molecular weight excluding hydrogens is 292 g/mol. The number of carbonyl (C=O) groups is 1. The largest absolute Gasteiger partial charge is 0.392 e. The van der Waals surface area contributed by atoms with Crippen LogP contribution in [0.1, 0.15) is 78.1 Å². The van der Waals surface area contributed by atoms with Crippen molar-refractivity contribution in [2.24, 2.45) is 0 Å². The lowest BCUT2D eigenvalue weighted by Crippen LogP contribution is -2.33. The van der Waals surface area contributed by atoms with E-state index in [0.29, 0.717) is 18.4 Å². The average Bonchev–Trinajstić information content (AvgIpc) is 2.57. The van der Waals surface area contributed by atoms with Gasteiger partial charge < -0.3 is 14.6 Å². The van der Waals surface area contributed by atoms with Crippen LogP contribution in [0.4, 0.5) is 0 Å². The van der Waals surface area contributed by atoms with Gasteiger partial charge in [0, 0.05) is 39.1 Å². The molecule has 0 saturated carbocycles. The third-order valence-corrected chi connectivity index (χ3v) is 4.32. The highest BCUT2D eigenvalue weighted by Gasteiger charge is 2.27. The van der Waals surface area contributed by atoms with E-state index in [0.717, 1.165) is 25.7 Å². The van der Waals surface area contributed by atoms with E-state index < -0.39 is 5.79 Å². The van der Waals surface area contributed by atoms with E-state index in [1.807, 2.05) is 0 Å². The maximum Gasteiger partial charge on any atom is 0.170 e. The average molecular weight is 328 g/mol. The van der Waals surface area contributed by atoms with Gasteiger partial charge in [-0.2, -0.15) is 0 Å². The third-order valence-electron chi connectivity index (χ3n) is 4.32. The second kappa shape index (κ2) is 13.7. The molecule has 0 heterocycles. The smallest absolute Gasteiger partial charge is 0.170 e. The predicted octanol–water partition coefficient (Wildman–Crippen LogP) is 4.40. The third kappa shape index (κ3) is 9.23.